The Bertz CT molecular complexity index is 1170. The van der Waals surface area contributed by atoms with E-state index in [1.807, 2.05) is 6.07 Å². The van der Waals surface area contributed by atoms with Crippen LogP contribution in [0.5, 0.6) is 0 Å². The summed E-state index contributed by atoms with van der Waals surface area (Å²) in [7, 11) is -3.26. The summed E-state index contributed by atoms with van der Waals surface area (Å²) in [6.07, 6.45) is -3.16. The Hall–Kier alpha value is -2.85. The fourth-order valence-electron chi connectivity index (χ4n) is 3.61. The Kier molecular flexibility index (Phi) is 6.00. The summed E-state index contributed by atoms with van der Waals surface area (Å²) >= 11 is 0. The third kappa shape index (κ3) is 5.13. The maximum Gasteiger partial charge on any atom is 0.416 e. The Morgan fingerprint density at radius 2 is 1.59 bits per heavy atom. The van der Waals surface area contributed by atoms with Crippen molar-refractivity contribution in [2.24, 2.45) is 0 Å². The number of benzene rings is 2. The maximum atomic E-state index is 12.7. The standard InChI is InChI=1S/C22H22F3N3O3S/c1-32(29,30)19-8-4-17(5-9-19)20-14-21(26-31-20)28-12-10-27(11-13-28)15-16-2-6-18(7-3-16)22(23,24)25/h2-9,14H,10-13,15H2,1H3. The highest BCUT2D eigenvalue weighted by Gasteiger charge is 2.30. The van der Waals surface area contributed by atoms with Gasteiger partial charge >= 0.3 is 6.18 Å². The Morgan fingerprint density at radius 1 is 0.969 bits per heavy atom. The molecule has 10 heteroatoms. The highest BCUT2D eigenvalue weighted by atomic mass is 32.2. The molecule has 1 saturated heterocycles. The average molecular weight is 465 g/mol. The predicted octanol–water partition coefficient (Wildman–Crippen LogP) is 4.09. The van der Waals surface area contributed by atoms with E-state index in [0.29, 0.717) is 31.2 Å². The number of halogens is 3. The van der Waals surface area contributed by atoms with Gasteiger partial charge in [-0.2, -0.15) is 13.2 Å². The first-order valence-corrected chi connectivity index (χ1v) is 11.9. The van der Waals surface area contributed by atoms with E-state index >= 15 is 0 Å². The zero-order chi connectivity index (χ0) is 22.9. The number of alkyl halides is 3. The van der Waals surface area contributed by atoms with Crippen LogP contribution in [0.3, 0.4) is 0 Å². The number of rotatable bonds is 5. The number of sulfone groups is 1. The van der Waals surface area contributed by atoms with Gasteiger partial charge in [0.05, 0.1) is 10.5 Å². The second-order valence-corrected chi connectivity index (χ2v) is 9.82. The summed E-state index contributed by atoms with van der Waals surface area (Å²) in [5, 5.41) is 4.14. The van der Waals surface area contributed by atoms with Crippen molar-refractivity contribution in [3.63, 3.8) is 0 Å². The lowest BCUT2D eigenvalue weighted by atomic mass is 10.1. The van der Waals surface area contributed by atoms with Crippen LogP contribution in [0.25, 0.3) is 11.3 Å². The van der Waals surface area contributed by atoms with Crippen molar-refractivity contribution >= 4 is 15.7 Å². The largest absolute Gasteiger partial charge is 0.416 e. The minimum absolute atomic E-state index is 0.241. The molecule has 32 heavy (non-hydrogen) atoms. The first-order valence-electron chi connectivity index (χ1n) is 10.0. The molecule has 3 aromatic rings. The van der Waals surface area contributed by atoms with Gasteiger partial charge in [0.25, 0.3) is 0 Å². The lowest BCUT2D eigenvalue weighted by Gasteiger charge is -2.34. The van der Waals surface area contributed by atoms with Crippen molar-refractivity contribution in [1.82, 2.24) is 10.1 Å². The zero-order valence-electron chi connectivity index (χ0n) is 17.3. The highest BCUT2D eigenvalue weighted by Crippen LogP contribution is 2.29. The molecule has 0 spiro atoms. The number of anilines is 1. The molecule has 0 N–H and O–H groups in total. The van der Waals surface area contributed by atoms with Crippen LogP contribution >= 0.6 is 0 Å². The smallest absolute Gasteiger partial charge is 0.354 e. The fraction of sp³-hybridized carbons (Fsp3) is 0.318. The van der Waals surface area contributed by atoms with Crippen molar-refractivity contribution in [2.75, 3.05) is 37.3 Å². The lowest BCUT2D eigenvalue weighted by Crippen LogP contribution is -2.46. The van der Waals surface area contributed by atoms with Gasteiger partial charge in [-0.15, -0.1) is 0 Å². The lowest BCUT2D eigenvalue weighted by molar-refractivity contribution is -0.137. The molecule has 0 saturated carbocycles. The molecule has 0 unspecified atom stereocenters. The minimum atomic E-state index is -4.32. The summed E-state index contributed by atoms with van der Waals surface area (Å²) in [5.74, 6) is 1.24. The van der Waals surface area contributed by atoms with E-state index in [1.165, 1.54) is 24.3 Å². The number of hydrogen-bond donors (Lipinski definition) is 0. The van der Waals surface area contributed by atoms with Crippen LogP contribution in [0.2, 0.25) is 0 Å². The molecule has 1 fully saturated rings. The first kappa shape index (κ1) is 22.3. The monoisotopic (exact) mass is 465 g/mol. The maximum absolute atomic E-state index is 12.7. The Labute approximate surface area is 184 Å². The number of piperazine rings is 1. The van der Waals surface area contributed by atoms with Crippen molar-refractivity contribution in [1.29, 1.82) is 0 Å². The third-order valence-electron chi connectivity index (χ3n) is 5.45. The molecule has 1 aliphatic rings. The number of aromatic nitrogens is 1. The highest BCUT2D eigenvalue weighted by molar-refractivity contribution is 7.90. The van der Waals surface area contributed by atoms with Crippen molar-refractivity contribution < 1.29 is 26.1 Å². The number of hydrogen-bond acceptors (Lipinski definition) is 6. The molecular formula is C22H22F3N3O3S. The molecule has 4 rings (SSSR count). The van der Waals surface area contributed by atoms with Gasteiger partial charge in [-0.05, 0) is 42.0 Å². The van der Waals surface area contributed by atoms with Gasteiger partial charge < -0.3 is 9.42 Å². The molecule has 0 bridgehead atoms. The van der Waals surface area contributed by atoms with E-state index in [9.17, 15) is 21.6 Å². The van der Waals surface area contributed by atoms with Crippen molar-refractivity contribution in [2.45, 2.75) is 17.6 Å². The van der Waals surface area contributed by atoms with Gasteiger partial charge in [-0.1, -0.05) is 17.3 Å². The second kappa shape index (κ2) is 8.59. The van der Waals surface area contributed by atoms with E-state index < -0.39 is 21.6 Å². The number of nitrogens with zero attached hydrogens (tertiary/aromatic N) is 3. The average Bonchev–Trinajstić information content (AvgIpc) is 3.24. The van der Waals surface area contributed by atoms with Gasteiger partial charge in [-0.3, -0.25) is 4.90 Å². The first-order chi connectivity index (χ1) is 15.1. The Morgan fingerprint density at radius 3 is 2.16 bits per heavy atom. The summed E-state index contributed by atoms with van der Waals surface area (Å²) in [6, 6.07) is 13.5. The van der Waals surface area contributed by atoms with Gasteiger partial charge in [0.1, 0.15) is 0 Å². The normalized spacial score (nSPS) is 15.8. The van der Waals surface area contributed by atoms with Crippen LogP contribution in [0.4, 0.5) is 19.0 Å². The summed E-state index contributed by atoms with van der Waals surface area (Å²) in [6.45, 7) is 3.49. The molecule has 0 amide bonds. The van der Waals surface area contributed by atoms with Gasteiger partial charge in [0.2, 0.25) is 0 Å². The molecule has 2 heterocycles. The quantitative estimate of drug-likeness (QED) is 0.566. The van der Waals surface area contributed by atoms with Gasteiger partial charge in [-0.25, -0.2) is 8.42 Å². The fourth-order valence-corrected chi connectivity index (χ4v) is 4.24. The van der Waals surface area contributed by atoms with Crippen LogP contribution in [-0.2, 0) is 22.6 Å². The van der Waals surface area contributed by atoms with Crippen LogP contribution in [0.15, 0.2) is 64.0 Å². The van der Waals surface area contributed by atoms with Crippen LogP contribution < -0.4 is 4.90 Å². The molecule has 1 aromatic heterocycles. The molecule has 0 aliphatic carbocycles. The van der Waals surface area contributed by atoms with Crippen molar-refractivity contribution in [3.8, 4) is 11.3 Å². The zero-order valence-corrected chi connectivity index (χ0v) is 18.2. The Balaban J connectivity index is 1.34. The van der Waals surface area contributed by atoms with E-state index in [1.54, 1.807) is 12.1 Å². The predicted molar refractivity (Wildman–Crippen MR) is 114 cm³/mol. The summed E-state index contributed by atoms with van der Waals surface area (Å²) in [4.78, 5) is 4.51. The molecule has 2 aromatic carbocycles. The topological polar surface area (TPSA) is 66.7 Å². The van der Waals surface area contributed by atoms with Crippen LogP contribution in [0.1, 0.15) is 11.1 Å². The van der Waals surface area contributed by atoms with Gasteiger partial charge in [0, 0.05) is 50.6 Å². The minimum Gasteiger partial charge on any atom is -0.354 e. The SMILES string of the molecule is CS(=O)(=O)c1ccc(-c2cc(N3CCN(Cc4ccc(C(F)(F)F)cc4)CC3)no2)cc1. The second-order valence-electron chi connectivity index (χ2n) is 7.80. The summed E-state index contributed by atoms with van der Waals surface area (Å²) < 4.78 is 66.7. The van der Waals surface area contributed by atoms with Gasteiger partial charge in [0.15, 0.2) is 21.4 Å². The molecule has 1 aliphatic heterocycles. The summed E-state index contributed by atoms with van der Waals surface area (Å²) in [5.41, 5.74) is 0.934. The van der Waals surface area contributed by atoms with Crippen LogP contribution in [-0.4, -0.2) is 50.9 Å². The third-order valence-corrected chi connectivity index (χ3v) is 6.58. The van der Waals surface area contributed by atoms with E-state index in [-0.39, 0.29) is 4.90 Å². The van der Waals surface area contributed by atoms with Crippen molar-refractivity contribution in [3.05, 3.63) is 65.7 Å². The molecule has 170 valence electrons. The molecule has 6 nitrogen and oxygen atoms in total. The molecule has 0 radical (unpaired) electrons. The van der Waals surface area contributed by atoms with E-state index in [0.717, 1.165) is 42.6 Å². The molecular weight excluding hydrogens is 443 g/mol. The molecule has 0 atom stereocenters. The van der Waals surface area contributed by atoms with E-state index in [4.69, 9.17) is 4.52 Å². The van der Waals surface area contributed by atoms with Crippen LogP contribution in [0, 0.1) is 0 Å². The van der Waals surface area contributed by atoms with E-state index in [2.05, 4.69) is 15.0 Å².